The summed E-state index contributed by atoms with van der Waals surface area (Å²) in [6.07, 6.45) is 1.77. The summed E-state index contributed by atoms with van der Waals surface area (Å²) in [5, 5.41) is 19.4. The molecule has 10 nitrogen and oxygen atoms in total. The second-order valence-corrected chi connectivity index (χ2v) is 4.61. The first-order valence-corrected chi connectivity index (χ1v) is 7.37. The monoisotopic (exact) mass is 414 g/mol. The fourth-order valence-corrected chi connectivity index (χ4v) is 0. The molecule has 0 fully saturated rings. The van der Waals surface area contributed by atoms with Gasteiger partial charge in [-0.05, 0) is 34.0 Å². The zero-order valence-electron chi connectivity index (χ0n) is 15.2. The van der Waals surface area contributed by atoms with Crippen molar-refractivity contribution in [2.24, 2.45) is 38.7 Å². The van der Waals surface area contributed by atoms with Crippen LogP contribution < -0.4 is 28.7 Å². The standard InChI is InChI=1S/C3H8N2.C3H7N.C2H7N3.C2H6N2S.C2H6N2.4CH4/c1-3(4)5-2;1-3(2)4;2*1-5-2(3)4;1-2(3)4;;;;/h1-2H3,(H2,4,5);4H,1-2H3;1H3,(H4,3,4,5);1H3,(H3,3,4);1H3,(H3,3,4);4*1H4. The average Bonchev–Trinajstić information content (AvgIpc) is 2.38. The topological polar surface area (TPSA) is 226 Å². The number of guanidine groups is 1. The molecule has 0 saturated heterocycles. The van der Waals surface area contributed by atoms with E-state index in [0.717, 1.165) is 0 Å². The molecule has 27 heavy (non-hydrogen) atoms. The van der Waals surface area contributed by atoms with Crippen LogP contribution in [0.25, 0.3) is 0 Å². The lowest BCUT2D eigenvalue weighted by Gasteiger charge is -1.78. The van der Waals surface area contributed by atoms with Crippen molar-refractivity contribution < 1.29 is 0 Å². The van der Waals surface area contributed by atoms with Gasteiger partial charge in [-0.3, -0.25) is 20.8 Å². The predicted octanol–water partition coefficient (Wildman–Crippen LogP) is 2.66. The number of nitrogens with two attached hydrogens (primary N) is 5. The Kier molecular flexibility index (Phi) is 103. The molecule has 0 aromatic heterocycles. The molecule has 0 unspecified atom stereocenters. The van der Waals surface area contributed by atoms with Crippen molar-refractivity contribution in [1.29, 1.82) is 16.2 Å². The van der Waals surface area contributed by atoms with Crippen LogP contribution >= 0.6 is 11.8 Å². The molecular formula is C16H50N10S. The van der Waals surface area contributed by atoms with Gasteiger partial charge in [-0.1, -0.05) is 41.5 Å². The van der Waals surface area contributed by atoms with E-state index in [-0.39, 0.29) is 46.7 Å². The number of hydrogen-bond donors (Lipinski definition) is 8. The summed E-state index contributed by atoms with van der Waals surface area (Å²) in [4.78, 5) is 6.94. The van der Waals surface area contributed by atoms with Gasteiger partial charge in [0, 0.05) is 19.8 Å². The van der Waals surface area contributed by atoms with Gasteiger partial charge in [0.1, 0.15) is 0 Å². The van der Waals surface area contributed by atoms with Crippen molar-refractivity contribution in [1.82, 2.24) is 0 Å². The first kappa shape index (κ1) is 56.3. The van der Waals surface area contributed by atoms with Crippen molar-refractivity contribution in [2.45, 2.75) is 57.4 Å². The largest absolute Gasteiger partial charge is 0.388 e. The molecule has 0 aliphatic rings. The zero-order valence-corrected chi connectivity index (χ0v) is 16.0. The molecule has 11 heteroatoms. The fourth-order valence-electron chi connectivity index (χ4n) is 0. The molecule has 0 spiro atoms. The fraction of sp³-hybridized carbons (Fsp3) is 0.688. The molecule has 0 aliphatic heterocycles. The van der Waals surface area contributed by atoms with E-state index < -0.39 is 0 Å². The van der Waals surface area contributed by atoms with Crippen LogP contribution in [0.15, 0.2) is 9.98 Å². The molecule has 0 rings (SSSR count). The lowest BCUT2D eigenvalue weighted by atomic mass is 10.5. The van der Waals surface area contributed by atoms with Crippen LogP contribution in [-0.2, 0) is 0 Å². The first-order valence-electron chi connectivity index (χ1n) is 6.15. The number of aliphatic imine (C=N–C) groups is 2. The molecule has 0 aromatic rings. The van der Waals surface area contributed by atoms with E-state index in [9.17, 15) is 0 Å². The quantitative estimate of drug-likeness (QED) is 0.219. The normalized spacial score (nSPS) is 6.70. The number of amidine groups is 3. The third kappa shape index (κ3) is 815. The highest BCUT2D eigenvalue weighted by Crippen LogP contribution is 1.83. The summed E-state index contributed by atoms with van der Waals surface area (Å²) in [5.41, 5.74) is 24.9. The molecule has 0 bridgehead atoms. The summed E-state index contributed by atoms with van der Waals surface area (Å²) >= 11 is 1.24. The van der Waals surface area contributed by atoms with Gasteiger partial charge in [0.15, 0.2) is 11.1 Å². The molecule has 0 aromatic carbocycles. The van der Waals surface area contributed by atoms with Gasteiger partial charge in [-0.15, -0.1) is 0 Å². The molecule has 0 radical (unpaired) electrons. The van der Waals surface area contributed by atoms with E-state index in [1.54, 1.807) is 34.1 Å². The maximum atomic E-state index is 6.50. The molecule has 0 aliphatic carbocycles. The molecular weight excluding hydrogens is 364 g/mol. The van der Waals surface area contributed by atoms with E-state index >= 15 is 0 Å². The van der Waals surface area contributed by atoms with Gasteiger partial charge >= 0.3 is 0 Å². The Morgan fingerprint density at radius 1 is 0.704 bits per heavy atom. The molecule has 0 amide bonds. The summed E-state index contributed by atoms with van der Waals surface area (Å²) < 4.78 is 0. The minimum atomic E-state index is 0. The van der Waals surface area contributed by atoms with Crippen LogP contribution in [0.1, 0.15) is 57.4 Å². The van der Waals surface area contributed by atoms with Crippen LogP contribution in [0.5, 0.6) is 0 Å². The Balaban J connectivity index is -0.0000000207. The minimum Gasteiger partial charge on any atom is -0.388 e. The van der Waals surface area contributed by atoms with Crippen LogP contribution in [0, 0.1) is 16.2 Å². The Bertz CT molecular complexity index is 322. The summed E-state index contributed by atoms with van der Waals surface area (Å²) in [6, 6.07) is 0. The molecule has 170 valence electrons. The first-order chi connectivity index (χ1) is 10.3. The molecule has 13 N–H and O–H groups in total. The van der Waals surface area contributed by atoms with Crippen molar-refractivity contribution in [3.05, 3.63) is 0 Å². The number of rotatable bonds is 0. The SMILES string of the molecule is C.C.C.C.CC(=N)N.CC(C)=N.CN=C(C)N.CN=C(N)N.CSC(=N)N. The van der Waals surface area contributed by atoms with Gasteiger partial charge in [0.25, 0.3) is 0 Å². The van der Waals surface area contributed by atoms with Crippen molar-refractivity contribution in [3.8, 4) is 0 Å². The Labute approximate surface area is 173 Å². The number of hydrogen-bond acceptors (Lipinski definition) is 6. The zero-order chi connectivity index (χ0) is 20.0. The highest BCUT2D eigenvalue weighted by atomic mass is 32.2. The van der Waals surface area contributed by atoms with E-state index in [4.69, 9.17) is 44.9 Å². The third-order valence-electron chi connectivity index (χ3n) is 0.831. The number of nitrogens with one attached hydrogen (secondary N) is 3. The van der Waals surface area contributed by atoms with Crippen molar-refractivity contribution in [2.75, 3.05) is 20.4 Å². The van der Waals surface area contributed by atoms with Crippen LogP contribution in [0.3, 0.4) is 0 Å². The third-order valence-corrected chi connectivity index (χ3v) is 1.27. The minimum absolute atomic E-state index is 0. The summed E-state index contributed by atoms with van der Waals surface area (Å²) in [7, 11) is 3.20. The van der Waals surface area contributed by atoms with E-state index in [2.05, 4.69) is 9.98 Å². The maximum Gasteiger partial charge on any atom is 0.185 e. The lowest BCUT2D eigenvalue weighted by molar-refractivity contribution is 1.36. The molecule has 0 atom stereocenters. The number of nitrogens with zero attached hydrogens (tertiary/aromatic N) is 2. The van der Waals surface area contributed by atoms with E-state index in [1.165, 1.54) is 25.7 Å². The molecule has 0 heterocycles. The van der Waals surface area contributed by atoms with Gasteiger partial charge < -0.3 is 34.1 Å². The summed E-state index contributed by atoms with van der Waals surface area (Å²) in [6.45, 7) is 6.78. The van der Waals surface area contributed by atoms with Crippen LogP contribution in [-0.4, -0.2) is 48.9 Å². The van der Waals surface area contributed by atoms with Gasteiger partial charge in [0.2, 0.25) is 0 Å². The predicted molar refractivity (Wildman–Crippen MR) is 134 cm³/mol. The second kappa shape index (κ2) is 49.5. The van der Waals surface area contributed by atoms with Crippen molar-refractivity contribution in [3.63, 3.8) is 0 Å². The lowest BCUT2D eigenvalue weighted by Crippen LogP contribution is -2.21. The number of thioether (sulfide) groups is 1. The molecule has 0 saturated carbocycles. The Morgan fingerprint density at radius 2 is 0.815 bits per heavy atom. The Morgan fingerprint density at radius 3 is 0.815 bits per heavy atom. The van der Waals surface area contributed by atoms with Crippen molar-refractivity contribution >= 4 is 40.3 Å². The highest BCUT2D eigenvalue weighted by Gasteiger charge is 1.71. The van der Waals surface area contributed by atoms with E-state index in [1.807, 2.05) is 0 Å². The maximum absolute atomic E-state index is 6.50. The average molecular weight is 415 g/mol. The Hall–Kier alpha value is -2.30. The van der Waals surface area contributed by atoms with Crippen LogP contribution in [0.4, 0.5) is 0 Å². The second-order valence-electron chi connectivity index (χ2n) is 3.76. The van der Waals surface area contributed by atoms with Crippen LogP contribution in [0.2, 0.25) is 0 Å². The van der Waals surface area contributed by atoms with Gasteiger partial charge in [0.05, 0.1) is 11.7 Å². The van der Waals surface area contributed by atoms with E-state index in [0.29, 0.717) is 11.5 Å². The van der Waals surface area contributed by atoms with Gasteiger partial charge in [-0.2, -0.15) is 0 Å². The highest BCUT2D eigenvalue weighted by molar-refractivity contribution is 8.13. The summed E-state index contributed by atoms with van der Waals surface area (Å²) in [5.74, 6) is 0.926. The smallest absolute Gasteiger partial charge is 0.185 e. The van der Waals surface area contributed by atoms with Gasteiger partial charge in [-0.25, -0.2) is 0 Å².